The van der Waals surface area contributed by atoms with Crippen LogP contribution in [0.3, 0.4) is 0 Å². The minimum absolute atomic E-state index is 0.0263. The molecule has 0 aliphatic carbocycles. The van der Waals surface area contributed by atoms with Gasteiger partial charge in [-0.05, 0) is 30.4 Å². The lowest BCUT2D eigenvalue weighted by Crippen LogP contribution is -2.27. The molecule has 5 heteroatoms. The third-order valence-corrected chi connectivity index (χ3v) is 4.86. The Morgan fingerprint density at radius 3 is 2.81 bits per heavy atom. The Labute approximate surface area is 103 Å². The molecule has 0 bridgehead atoms. The summed E-state index contributed by atoms with van der Waals surface area (Å²) in [5, 5.41) is 4.89. The van der Waals surface area contributed by atoms with E-state index in [-0.39, 0.29) is 11.2 Å². The van der Waals surface area contributed by atoms with Crippen molar-refractivity contribution in [1.29, 1.82) is 0 Å². The molecule has 2 unspecified atom stereocenters. The number of aryl methyl sites for hydroxylation is 1. The van der Waals surface area contributed by atoms with Gasteiger partial charge in [-0.1, -0.05) is 6.92 Å². The van der Waals surface area contributed by atoms with Crippen molar-refractivity contribution in [2.24, 2.45) is 0 Å². The number of nitrogens with one attached hydrogen (secondary N) is 1. The molecule has 1 aromatic rings. The molecule has 1 rings (SSSR count). The van der Waals surface area contributed by atoms with Crippen LogP contribution in [0, 0.1) is 6.92 Å². The van der Waals surface area contributed by atoms with Gasteiger partial charge in [-0.3, -0.25) is 9.00 Å². The van der Waals surface area contributed by atoms with E-state index < -0.39 is 10.8 Å². The van der Waals surface area contributed by atoms with Crippen LogP contribution in [0.5, 0.6) is 0 Å². The Bertz CT molecular complexity index is 387. The molecule has 1 heterocycles. The summed E-state index contributed by atoms with van der Waals surface area (Å²) < 4.78 is 11.1. The van der Waals surface area contributed by atoms with Crippen LogP contribution in [-0.4, -0.2) is 28.2 Å². The lowest BCUT2D eigenvalue weighted by atomic mass is 10.2. The highest BCUT2D eigenvalue weighted by Gasteiger charge is 2.11. The van der Waals surface area contributed by atoms with Gasteiger partial charge in [0.25, 0.3) is 5.91 Å². The number of rotatable bonds is 5. The summed E-state index contributed by atoms with van der Waals surface area (Å²) in [5.74, 6) is -0.0263. The summed E-state index contributed by atoms with van der Waals surface area (Å²) in [4.78, 5) is 12.5. The van der Waals surface area contributed by atoms with Crippen molar-refractivity contribution >= 4 is 28.0 Å². The molecule has 0 spiro atoms. The second-order valence-electron chi connectivity index (χ2n) is 3.79. The molecule has 0 saturated carbocycles. The van der Waals surface area contributed by atoms with Crippen molar-refractivity contribution in [2.75, 3.05) is 12.8 Å². The fourth-order valence-corrected chi connectivity index (χ4v) is 2.53. The first-order valence-corrected chi connectivity index (χ1v) is 7.67. The van der Waals surface area contributed by atoms with E-state index >= 15 is 0 Å². The average Bonchev–Trinajstić information content (AvgIpc) is 2.64. The number of amides is 1. The third kappa shape index (κ3) is 3.72. The van der Waals surface area contributed by atoms with E-state index in [9.17, 15) is 9.00 Å². The van der Waals surface area contributed by atoms with E-state index in [4.69, 9.17) is 0 Å². The Morgan fingerprint density at radius 2 is 2.31 bits per heavy atom. The molecule has 90 valence electrons. The first-order valence-electron chi connectivity index (χ1n) is 5.17. The van der Waals surface area contributed by atoms with Crippen molar-refractivity contribution < 1.29 is 9.00 Å². The molecular weight excluding hydrogens is 242 g/mol. The maximum absolute atomic E-state index is 11.7. The molecule has 16 heavy (non-hydrogen) atoms. The number of carbonyl (C=O) groups excluding carboxylic acids is 1. The van der Waals surface area contributed by atoms with Gasteiger partial charge in [0.15, 0.2) is 0 Å². The van der Waals surface area contributed by atoms with Gasteiger partial charge < -0.3 is 5.32 Å². The topological polar surface area (TPSA) is 46.2 Å². The maximum Gasteiger partial charge on any atom is 0.261 e. The number of hydrogen-bond acceptors (Lipinski definition) is 3. The molecular formula is C11H17NO2S2. The van der Waals surface area contributed by atoms with Crippen molar-refractivity contribution in [1.82, 2.24) is 5.32 Å². The van der Waals surface area contributed by atoms with Gasteiger partial charge >= 0.3 is 0 Å². The van der Waals surface area contributed by atoms with Crippen molar-refractivity contribution in [3.8, 4) is 0 Å². The molecule has 0 radical (unpaired) electrons. The molecule has 0 saturated heterocycles. The number of thiophene rings is 1. The summed E-state index contributed by atoms with van der Waals surface area (Å²) in [5.41, 5.74) is 1.01. The van der Waals surface area contributed by atoms with Gasteiger partial charge in [0.2, 0.25) is 0 Å². The molecule has 2 atom stereocenters. The Balaban J connectivity index is 2.37. The van der Waals surface area contributed by atoms with Crippen LogP contribution >= 0.6 is 11.3 Å². The van der Waals surface area contributed by atoms with E-state index in [0.717, 1.165) is 16.9 Å². The zero-order chi connectivity index (χ0) is 12.1. The second kappa shape index (κ2) is 6.15. The molecule has 0 aromatic carbocycles. The summed E-state index contributed by atoms with van der Waals surface area (Å²) >= 11 is 1.45. The van der Waals surface area contributed by atoms with Crippen LogP contribution in [-0.2, 0) is 10.8 Å². The largest absolute Gasteiger partial charge is 0.351 e. The second-order valence-corrected chi connectivity index (χ2v) is 6.50. The van der Waals surface area contributed by atoms with E-state index in [1.165, 1.54) is 11.3 Å². The summed E-state index contributed by atoms with van der Waals surface area (Å²) in [7, 11) is -0.815. The molecule has 0 aliphatic heterocycles. The highest BCUT2D eigenvalue weighted by atomic mass is 32.2. The molecule has 0 aliphatic rings. The Hall–Kier alpha value is -0.680. The highest BCUT2D eigenvalue weighted by molar-refractivity contribution is 7.84. The first kappa shape index (κ1) is 13.4. The van der Waals surface area contributed by atoms with E-state index in [2.05, 4.69) is 5.32 Å². The summed E-state index contributed by atoms with van der Waals surface area (Å²) in [6.45, 7) is 4.44. The zero-order valence-corrected chi connectivity index (χ0v) is 11.4. The fraction of sp³-hybridized carbons (Fsp3) is 0.545. The third-order valence-electron chi connectivity index (χ3n) is 2.47. The maximum atomic E-state index is 11.7. The summed E-state index contributed by atoms with van der Waals surface area (Å²) in [6, 6.07) is 1.93. The normalized spacial score (nSPS) is 14.4. The number of carbonyl (C=O) groups is 1. The quantitative estimate of drug-likeness (QED) is 0.878. The number of hydrogen-bond donors (Lipinski definition) is 1. The SMILES string of the molecule is Cc1ccsc1C(=O)NCCC(C)S(C)=O. The van der Waals surface area contributed by atoms with Gasteiger partial charge in [-0.15, -0.1) is 11.3 Å². The summed E-state index contributed by atoms with van der Waals surface area (Å²) in [6.07, 6.45) is 2.44. The van der Waals surface area contributed by atoms with Gasteiger partial charge in [0.05, 0.1) is 4.88 Å². The van der Waals surface area contributed by atoms with Crippen LogP contribution in [0.1, 0.15) is 28.6 Å². The molecule has 1 amide bonds. The molecule has 1 aromatic heterocycles. The van der Waals surface area contributed by atoms with Crippen molar-refractivity contribution in [2.45, 2.75) is 25.5 Å². The Morgan fingerprint density at radius 1 is 1.62 bits per heavy atom. The van der Waals surface area contributed by atoms with Gasteiger partial charge in [0, 0.05) is 28.9 Å². The molecule has 1 N–H and O–H groups in total. The minimum Gasteiger partial charge on any atom is -0.351 e. The minimum atomic E-state index is -0.815. The zero-order valence-electron chi connectivity index (χ0n) is 9.78. The van der Waals surface area contributed by atoms with Crippen LogP contribution in [0.4, 0.5) is 0 Å². The lowest BCUT2D eigenvalue weighted by Gasteiger charge is -2.08. The standard InChI is InChI=1S/C11H17NO2S2/c1-8-5-7-15-10(8)11(13)12-6-4-9(2)16(3)14/h5,7,9H,4,6H2,1-3H3,(H,12,13). The van der Waals surface area contributed by atoms with E-state index in [1.807, 2.05) is 25.3 Å². The van der Waals surface area contributed by atoms with Crippen LogP contribution in [0.15, 0.2) is 11.4 Å². The van der Waals surface area contributed by atoms with E-state index in [1.54, 1.807) is 6.26 Å². The van der Waals surface area contributed by atoms with Gasteiger partial charge in [-0.2, -0.15) is 0 Å². The van der Waals surface area contributed by atoms with Gasteiger partial charge in [0.1, 0.15) is 0 Å². The van der Waals surface area contributed by atoms with Crippen LogP contribution in [0.2, 0.25) is 0 Å². The van der Waals surface area contributed by atoms with Gasteiger partial charge in [-0.25, -0.2) is 0 Å². The molecule has 3 nitrogen and oxygen atoms in total. The van der Waals surface area contributed by atoms with Crippen molar-refractivity contribution in [3.63, 3.8) is 0 Å². The average molecular weight is 259 g/mol. The monoisotopic (exact) mass is 259 g/mol. The predicted molar refractivity (Wildman–Crippen MR) is 69.5 cm³/mol. The first-order chi connectivity index (χ1) is 7.52. The van der Waals surface area contributed by atoms with Crippen LogP contribution < -0.4 is 5.32 Å². The van der Waals surface area contributed by atoms with Crippen molar-refractivity contribution in [3.05, 3.63) is 21.9 Å². The highest BCUT2D eigenvalue weighted by Crippen LogP contribution is 2.14. The lowest BCUT2D eigenvalue weighted by molar-refractivity contribution is 0.0957. The fourth-order valence-electron chi connectivity index (χ4n) is 1.24. The molecule has 0 fully saturated rings. The van der Waals surface area contributed by atoms with E-state index in [0.29, 0.717) is 6.54 Å². The van der Waals surface area contributed by atoms with Crippen LogP contribution in [0.25, 0.3) is 0 Å². The smallest absolute Gasteiger partial charge is 0.261 e. The Kier molecular flexibility index (Phi) is 5.15. The predicted octanol–water partition coefficient (Wildman–Crippen LogP) is 1.94.